The van der Waals surface area contributed by atoms with E-state index in [0.29, 0.717) is 0 Å². The molecule has 2 amide bonds. The summed E-state index contributed by atoms with van der Waals surface area (Å²) in [5.41, 5.74) is -0.567. The lowest BCUT2D eigenvalue weighted by Crippen LogP contribution is -2.44. The monoisotopic (exact) mass is 298 g/mol. The Morgan fingerprint density at radius 1 is 0.905 bits per heavy atom. The third-order valence-electron chi connectivity index (χ3n) is 3.10. The lowest BCUT2D eigenvalue weighted by atomic mass is 9.95. The molecule has 0 heterocycles. The minimum atomic E-state index is -0.630. The number of Topliss-reactive ketones (excluding diaryl/α,β-unsaturated/α-hetero) is 2. The number of ketones is 2. The predicted molar refractivity (Wildman–Crippen MR) is 79.6 cm³/mol. The smallest absolute Gasteiger partial charge is 0.225 e. The van der Waals surface area contributed by atoms with E-state index in [1.165, 1.54) is 6.92 Å². The number of nitrogens with one attached hydrogen (secondary N) is 2. The maximum absolute atomic E-state index is 11.9. The molecule has 0 aliphatic heterocycles. The number of carbonyl (C=O) groups is 4. The summed E-state index contributed by atoms with van der Waals surface area (Å²) in [6, 6.07) is -1.18. The fourth-order valence-corrected chi connectivity index (χ4v) is 1.36. The first-order valence-corrected chi connectivity index (χ1v) is 7.08. The average molecular weight is 298 g/mol. The number of rotatable bonds is 7. The standard InChI is InChI=1S/C15H26N2O4/c1-9(11(3)18)16-13(20)8-7-12(19)10(2)17-14(21)15(4,5)6/h9-10H,7-8H2,1-6H3,(H,16,20)(H,17,21)/t9-,10-/m0/s1. The summed E-state index contributed by atoms with van der Waals surface area (Å²) in [7, 11) is 0. The molecule has 0 aliphatic rings. The van der Waals surface area contributed by atoms with Crippen LogP contribution in [-0.4, -0.2) is 35.5 Å². The van der Waals surface area contributed by atoms with E-state index in [1.54, 1.807) is 34.6 Å². The van der Waals surface area contributed by atoms with Crippen LogP contribution in [-0.2, 0) is 19.2 Å². The van der Waals surface area contributed by atoms with Gasteiger partial charge in [0.15, 0.2) is 11.6 Å². The van der Waals surface area contributed by atoms with Gasteiger partial charge >= 0.3 is 0 Å². The van der Waals surface area contributed by atoms with Crippen molar-refractivity contribution in [3.05, 3.63) is 0 Å². The van der Waals surface area contributed by atoms with Crippen molar-refractivity contribution < 1.29 is 19.2 Å². The normalized spacial score (nSPS) is 14.0. The first kappa shape index (κ1) is 19.3. The van der Waals surface area contributed by atoms with E-state index in [0.717, 1.165) is 0 Å². The summed E-state index contributed by atoms with van der Waals surface area (Å²) in [4.78, 5) is 46.2. The molecule has 0 radical (unpaired) electrons. The van der Waals surface area contributed by atoms with Crippen molar-refractivity contribution in [3.63, 3.8) is 0 Å². The summed E-state index contributed by atoms with van der Waals surface area (Å²) in [6.45, 7) is 9.86. The average Bonchev–Trinajstić information content (AvgIpc) is 2.34. The lowest BCUT2D eigenvalue weighted by molar-refractivity contribution is -0.133. The molecule has 21 heavy (non-hydrogen) atoms. The van der Waals surface area contributed by atoms with E-state index in [-0.39, 0.29) is 36.2 Å². The van der Waals surface area contributed by atoms with Crippen LogP contribution in [0.25, 0.3) is 0 Å². The topological polar surface area (TPSA) is 92.3 Å². The third kappa shape index (κ3) is 7.58. The van der Waals surface area contributed by atoms with E-state index in [9.17, 15) is 19.2 Å². The van der Waals surface area contributed by atoms with E-state index < -0.39 is 17.5 Å². The molecule has 2 N–H and O–H groups in total. The second-order valence-corrected chi connectivity index (χ2v) is 6.31. The largest absolute Gasteiger partial charge is 0.347 e. The lowest BCUT2D eigenvalue weighted by Gasteiger charge is -2.21. The molecular formula is C15H26N2O4. The Balaban J connectivity index is 4.23. The molecule has 0 fully saturated rings. The van der Waals surface area contributed by atoms with Crippen LogP contribution in [0.15, 0.2) is 0 Å². The van der Waals surface area contributed by atoms with Crippen molar-refractivity contribution >= 4 is 23.4 Å². The highest BCUT2D eigenvalue weighted by Crippen LogP contribution is 2.13. The highest BCUT2D eigenvalue weighted by molar-refractivity contribution is 5.93. The molecule has 0 aromatic heterocycles. The van der Waals surface area contributed by atoms with Gasteiger partial charge in [-0.2, -0.15) is 0 Å². The molecule has 2 atom stereocenters. The van der Waals surface area contributed by atoms with Gasteiger partial charge in [-0.15, -0.1) is 0 Å². The maximum Gasteiger partial charge on any atom is 0.225 e. The summed E-state index contributed by atoms with van der Waals surface area (Å²) < 4.78 is 0. The molecule has 0 saturated heterocycles. The van der Waals surface area contributed by atoms with Crippen molar-refractivity contribution in [1.29, 1.82) is 0 Å². The van der Waals surface area contributed by atoms with Crippen molar-refractivity contribution in [2.75, 3.05) is 0 Å². The van der Waals surface area contributed by atoms with E-state index in [1.807, 2.05) is 0 Å². The SMILES string of the molecule is CC(=O)[C@H](C)NC(=O)CCC(=O)[C@H](C)NC(=O)C(C)(C)C. The predicted octanol–water partition coefficient (Wildman–Crippen LogP) is 0.980. The molecule has 6 nitrogen and oxygen atoms in total. The van der Waals surface area contributed by atoms with Crippen LogP contribution in [0, 0.1) is 5.41 Å². The Labute approximate surface area is 126 Å². The Morgan fingerprint density at radius 2 is 1.43 bits per heavy atom. The van der Waals surface area contributed by atoms with Crippen LogP contribution >= 0.6 is 0 Å². The number of amides is 2. The van der Waals surface area contributed by atoms with Gasteiger partial charge in [0, 0.05) is 18.3 Å². The van der Waals surface area contributed by atoms with Gasteiger partial charge < -0.3 is 10.6 Å². The summed E-state index contributed by atoms with van der Waals surface area (Å²) >= 11 is 0. The minimum absolute atomic E-state index is 0.00613. The molecule has 0 aliphatic carbocycles. The summed E-state index contributed by atoms with van der Waals surface area (Å²) in [5.74, 6) is -0.905. The van der Waals surface area contributed by atoms with Crippen LogP contribution in [0.3, 0.4) is 0 Å². The van der Waals surface area contributed by atoms with E-state index in [2.05, 4.69) is 10.6 Å². The van der Waals surface area contributed by atoms with Gasteiger partial charge in [-0.25, -0.2) is 0 Å². The molecule has 0 rings (SSSR count). The second-order valence-electron chi connectivity index (χ2n) is 6.31. The van der Waals surface area contributed by atoms with Gasteiger partial charge in [-0.1, -0.05) is 20.8 Å². The molecule has 0 aromatic rings. The van der Waals surface area contributed by atoms with Gasteiger partial charge in [-0.05, 0) is 20.8 Å². The fraction of sp³-hybridized carbons (Fsp3) is 0.733. The Bertz CT molecular complexity index is 424. The van der Waals surface area contributed by atoms with Crippen molar-refractivity contribution in [2.24, 2.45) is 5.41 Å². The van der Waals surface area contributed by atoms with Crippen molar-refractivity contribution in [3.8, 4) is 0 Å². The van der Waals surface area contributed by atoms with Crippen LogP contribution in [0.4, 0.5) is 0 Å². The van der Waals surface area contributed by atoms with Gasteiger partial charge in [0.25, 0.3) is 0 Å². The first-order valence-electron chi connectivity index (χ1n) is 7.08. The van der Waals surface area contributed by atoms with Gasteiger partial charge in [0.05, 0.1) is 12.1 Å². The van der Waals surface area contributed by atoms with Crippen molar-refractivity contribution in [2.45, 2.75) is 66.5 Å². The number of hydrogen-bond acceptors (Lipinski definition) is 4. The first-order chi connectivity index (χ1) is 9.45. The molecule has 0 bridgehead atoms. The van der Waals surface area contributed by atoms with Gasteiger partial charge in [0.2, 0.25) is 11.8 Å². The Kier molecular flexibility index (Phi) is 7.26. The molecular weight excluding hydrogens is 272 g/mol. The van der Waals surface area contributed by atoms with Crippen LogP contribution in [0.5, 0.6) is 0 Å². The maximum atomic E-state index is 11.9. The third-order valence-corrected chi connectivity index (χ3v) is 3.10. The highest BCUT2D eigenvalue weighted by Gasteiger charge is 2.25. The molecule has 0 unspecified atom stereocenters. The van der Waals surface area contributed by atoms with Gasteiger partial charge in [0.1, 0.15) is 0 Å². The van der Waals surface area contributed by atoms with Crippen LogP contribution in [0.2, 0.25) is 0 Å². The fourth-order valence-electron chi connectivity index (χ4n) is 1.36. The second kappa shape index (κ2) is 7.90. The quantitative estimate of drug-likeness (QED) is 0.733. The van der Waals surface area contributed by atoms with Crippen molar-refractivity contribution in [1.82, 2.24) is 10.6 Å². The zero-order chi connectivity index (χ0) is 16.8. The number of carbonyl (C=O) groups excluding carboxylic acids is 4. The molecule has 0 spiro atoms. The molecule has 0 aromatic carbocycles. The minimum Gasteiger partial charge on any atom is -0.347 e. The van der Waals surface area contributed by atoms with E-state index >= 15 is 0 Å². The zero-order valence-electron chi connectivity index (χ0n) is 13.7. The molecule has 0 saturated carbocycles. The molecule has 6 heteroatoms. The van der Waals surface area contributed by atoms with Crippen LogP contribution < -0.4 is 10.6 Å². The van der Waals surface area contributed by atoms with Crippen LogP contribution in [0.1, 0.15) is 54.4 Å². The highest BCUT2D eigenvalue weighted by atomic mass is 16.2. The molecule has 120 valence electrons. The van der Waals surface area contributed by atoms with Gasteiger partial charge in [-0.3, -0.25) is 19.2 Å². The summed E-state index contributed by atoms with van der Waals surface area (Å²) in [6.07, 6.45) is 0.0359. The summed E-state index contributed by atoms with van der Waals surface area (Å²) in [5, 5.41) is 5.14. The Morgan fingerprint density at radius 3 is 1.86 bits per heavy atom. The van der Waals surface area contributed by atoms with E-state index in [4.69, 9.17) is 0 Å². The Hall–Kier alpha value is -1.72. The number of hydrogen-bond donors (Lipinski definition) is 2. The zero-order valence-corrected chi connectivity index (χ0v) is 13.7.